The number of benzene rings is 1. The van der Waals surface area contributed by atoms with Gasteiger partial charge in [-0.15, -0.1) is 0 Å². The van der Waals surface area contributed by atoms with Crippen LogP contribution in [0.4, 0.5) is 0 Å². The van der Waals surface area contributed by atoms with Gasteiger partial charge in [-0.1, -0.05) is 50.6 Å². The molecule has 1 aromatic carbocycles. The topological polar surface area (TPSA) is 41.1 Å². The highest BCUT2D eigenvalue weighted by Crippen LogP contribution is 2.21. The van der Waals surface area contributed by atoms with E-state index in [-0.39, 0.29) is 17.4 Å². The van der Waals surface area contributed by atoms with Gasteiger partial charge in [0.1, 0.15) is 0 Å². The van der Waals surface area contributed by atoms with E-state index < -0.39 is 0 Å². The van der Waals surface area contributed by atoms with Gasteiger partial charge in [0.25, 0.3) is 0 Å². The summed E-state index contributed by atoms with van der Waals surface area (Å²) in [5.41, 5.74) is 1.22. The van der Waals surface area contributed by atoms with E-state index in [9.17, 15) is 4.79 Å². The molecule has 1 amide bonds. The Morgan fingerprint density at radius 1 is 1.32 bits per heavy atom. The lowest BCUT2D eigenvalue weighted by atomic mass is 9.84. The lowest BCUT2D eigenvalue weighted by molar-refractivity contribution is -0.123. The molecular formula is C16H24N2O. The monoisotopic (exact) mass is 260 g/mol. The summed E-state index contributed by atoms with van der Waals surface area (Å²) in [7, 11) is 0. The van der Waals surface area contributed by atoms with Crippen molar-refractivity contribution in [1.82, 2.24) is 10.6 Å². The van der Waals surface area contributed by atoms with E-state index in [2.05, 4.69) is 36.6 Å². The number of carbonyl (C=O) groups excluding carboxylic acids is 1. The van der Waals surface area contributed by atoms with Gasteiger partial charge in [0, 0.05) is 12.0 Å². The summed E-state index contributed by atoms with van der Waals surface area (Å²) in [6.07, 6.45) is 3.28. The highest BCUT2D eigenvalue weighted by molar-refractivity contribution is 5.81. The molecule has 0 saturated carbocycles. The number of hydrogen-bond acceptors (Lipinski definition) is 2. The first-order chi connectivity index (χ1) is 9.09. The Morgan fingerprint density at radius 2 is 2.05 bits per heavy atom. The van der Waals surface area contributed by atoms with E-state index in [0.29, 0.717) is 6.54 Å². The maximum Gasteiger partial charge on any atom is 0.237 e. The van der Waals surface area contributed by atoms with Crippen LogP contribution in [0.1, 0.15) is 38.7 Å². The predicted molar refractivity (Wildman–Crippen MR) is 78.1 cm³/mol. The van der Waals surface area contributed by atoms with Crippen LogP contribution in [0.15, 0.2) is 30.3 Å². The molecule has 1 heterocycles. The first kappa shape index (κ1) is 14.1. The molecule has 1 aliphatic heterocycles. The second-order valence-corrected chi connectivity index (χ2v) is 5.97. The van der Waals surface area contributed by atoms with Crippen molar-refractivity contribution in [1.29, 1.82) is 0 Å². The van der Waals surface area contributed by atoms with Gasteiger partial charge in [-0.2, -0.15) is 0 Å². The molecule has 0 radical (unpaired) electrons. The highest BCUT2D eigenvalue weighted by Gasteiger charge is 2.24. The van der Waals surface area contributed by atoms with Crippen molar-refractivity contribution in [2.75, 3.05) is 13.1 Å². The Kier molecular flexibility index (Phi) is 4.59. The zero-order valence-corrected chi connectivity index (χ0v) is 11.9. The molecule has 0 bridgehead atoms. The fourth-order valence-corrected chi connectivity index (χ4v) is 2.50. The zero-order chi connectivity index (χ0) is 13.7. The van der Waals surface area contributed by atoms with Crippen molar-refractivity contribution in [2.24, 2.45) is 0 Å². The lowest BCUT2D eigenvalue weighted by Crippen LogP contribution is -2.49. The van der Waals surface area contributed by atoms with E-state index in [4.69, 9.17) is 0 Å². The van der Waals surface area contributed by atoms with E-state index in [1.54, 1.807) is 0 Å². The molecule has 2 N–H and O–H groups in total. The lowest BCUT2D eigenvalue weighted by Gasteiger charge is -2.28. The van der Waals surface area contributed by atoms with Gasteiger partial charge in [0.15, 0.2) is 0 Å². The summed E-state index contributed by atoms with van der Waals surface area (Å²) >= 11 is 0. The second-order valence-electron chi connectivity index (χ2n) is 5.97. The van der Waals surface area contributed by atoms with Gasteiger partial charge >= 0.3 is 0 Å². The molecule has 0 aromatic heterocycles. The highest BCUT2D eigenvalue weighted by atomic mass is 16.2. The van der Waals surface area contributed by atoms with E-state index >= 15 is 0 Å². The Labute approximate surface area is 115 Å². The van der Waals surface area contributed by atoms with Crippen molar-refractivity contribution < 1.29 is 4.79 Å². The smallest absolute Gasteiger partial charge is 0.237 e. The first-order valence-corrected chi connectivity index (χ1v) is 7.16. The van der Waals surface area contributed by atoms with Crippen LogP contribution >= 0.6 is 0 Å². The summed E-state index contributed by atoms with van der Waals surface area (Å²) in [4.78, 5) is 12.1. The molecule has 1 aromatic rings. The maximum absolute atomic E-state index is 12.1. The normalized spacial score (nSPS) is 20.0. The number of amides is 1. The summed E-state index contributed by atoms with van der Waals surface area (Å²) in [6, 6.07) is 10.3. The van der Waals surface area contributed by atoms with Crippen LogP contribution in [0.2, 0.25) is 0 Å². The van der Waals surface area contributed by atoms with Crippen molar-refractivity contribution in [3.63, 3.8) is 0 Å². The third kappa shape index (κ3) is 3.80. The van der Waals surface area contributed by atoms with E-state index in [1.165, 1.54) is 12.0 Å². The van der Waals surface area contributed by atoms with Crippen LogP contribution < -0.4 is 10.6 Å². The van der Waals surface area contributed by atoms with Crippen molar-refractivity contribution in [3.05, 3.63) is 35.9 Å². The quantitative estimate of drug-likeness (QED) is 0.871. The van der Waals surface area contributed by atoms with Crippen molar-refractivity contribution >= 4 is 5.91 Å². The molecule has 1 atom stereocenters. The summed E-state index contributed by atoms with van der Waals surface area (Å²) in [5.74, 6) is 0.142. The molecule has 0 spiro atoms. The van der Waals surface area contributed by atoms with E-state index in [0.717, 1.165) is 19.4 Å². The fourth-order valence-electron chi connectivity index (χ4n) is 2.50. The molecule has 0 aliphatic carbocycles. The van der Waals surface area contributed by atoms with Gasteiger partial charge in [0.2, 0.25) is 5.91 Å². The van der Waals surface area contributed by atoms with Gasteiger partial charge in [-0.05, 0) is 24.9 Å². The third-order valence-corrected chi connectivity index (χ3v) is 3.89. The minimum absolute atomic E-state index is 0.000299. The Hall–Kier alpha value is -1.35. The zero-order valence-electron chi connectivity index (χ0n) is 11.9. The minimum atomic E-state index is -0.0361. The second kappa shape index (κ2) is 6.20. The number of piperidine rings is 1. The molecule has 104 valence electrons. The largest absolute Gasteiger partial charge is 0.354 e. The summed E-state index contributed by atoms with van der Waals surface area (Å²) < 4.78 is 0. The standard InChI is InChI=1S/C16H24N2O/c1-16(2,13-8-4-3-5-9-13)12-18-15(19)14-10-6-7-11-17-14/h3-5,8-9,14,17H,6-7,10-12H2,1-2H3,(H,18,19)/t14-/m1/s1. The molecule has 3 heteroatoms. The summed E-state index contributed by atoms with van der Waals surface area (Å²) in [6.45, 7) is 5.96. The molecule has 1 saturated heterocycles. The molecule has 3 nitrogen and oxygen atoms in total. The SMILES string of the molecule is CC(C)(CNC(=O)[C@H]1CCCCN1)c1ccccc1. The molecule has 2 rings (SSSR count). The Bertz CT molecular complexity index is 408. The number of nitrogens with one attached hydrogen (secondary N) is 2. The number of carbonyl (C=O) groups is 1. The number of hydrogen-bond donors (Lipinski definition) is 2. The van der Waals surface area contributed by atoms with Crippen LogP contribution in [-0.2, 0) is 10.2 Å². The molecule has 19 heavy (non-hydrogen) atoms. The third-order valence-electron chi connectivity index (χ3n) is 3.89. The maximum atomic E-state index is 12.1. The fraction of sp³-hybridized carbons (Fsp3) is 0.562. The Morgan fingerprint density at radius 3 is 2.68 bits per heavy atom. The van der Waals surface area contributed by atoms with Crippen LogP contribution in [-0.4, -0.2) is 25.0 Å². The molecule has 1 fully saturated rings. The average Bonchev–Trinajstić information content (AvgIpc) is 2.47. The minimum Gasteiger partial charge on any atom is -0.354 e. The van der Waals surface area contributed by atoms with Crippen molar-refractivity contribution in [2.45, 2.75) is 44.6 Å². The van der Waals surface area contributed by atoms with Gasteiger partial charge in [-0.25, -0.2) is 0 Å². The van der Waals surface area contributed by atoms with Gasteiger partial charge in [0.05, 0.1) is 6.04 Å². The molecule has 0 unspecified atom stereocenters. The molecule has 1 aliphatic rings. The van der Waals surface area contributed by atoms with Crippen molar-refractivity contribution in [3.8, 4) is 0 Å². The van der Waals surface area contributed by atoms with Crippen LogP contribution in [0.25, 0.3) is 0 Å². The van der Waals surface area contributed by atoms with Crippen LogP contribution in [0, 0.1) is 0 Å². The predicted octanol–water partition coefficient (Wildman–Crippen LogP) is 2.22. The van der Waals surface area contributed by atoms with Crippen LogP contribution in [0.5, 0.6) is 0 Å². The van der Waals surface area contributed by atoms with E-state index in [1.807, 2.05) is 18.2 Å². The first-order valence-electron chi connectivity index (χ1n) is 7.16. The number of rotatable bonds is 4. The average molecular weight is 260 g/mol. The van der Waals surface area contributed by atoms with Gasteiger partial charge in [-0.3, -0.25) is 4.79 Å². The Balaban J connectivity index is 1.88. The molecular weight excluding hydrogens is 236 g/mol. The summed E-state index contributed by atoms with van der Waals surface area (Å²) in [5, 5.41) is 6.37. The van der Waals surface area contributed by atoms with Crippen LogP contribution in [0.3, 0.4) is 0 Å². The van der Waals surface area contributed by atoms with Gasteiger partial charge < -0.3 is 10.6 Å².